The van der Waals surface area contributed by atoms with E-state index in [2.05, 4.69) is 14.7 Å². The third kappa shape index (κ3) is 4.48. The van der Waals surface area contributed by atoms with Gasteiger partial charge in [-0.1, -0.05) is 13.8 Å². The molecule has 0 aliphatic carbocycles. The molecule has 0 aliphatic heterocycles. The summed E-state index contributed by atoms with van der Waals surface area (Å²) in [6, 6.07) is 8.08. The van der Waals surface area contributed by atoms with Crippen LogP contribution in [0, 0.1) is 6.92 Å². The molecular formula is C18H18F2N4O2S. The van der Waals surface area contributed by atoms with E-state index < -0.39 is 10.5 Å². The Hall–Kier alpha value is -2.81. The van der Waals surface area contributed by atoms with Crippen LogP contribution in [0.15, 0.2) is 47.1 Å². The minimum Gasteiger partial charge on any atom is -0.350 e. The Bertz CT molecular complexity index is 1140. The molecule has 27 heavy (non-hydrogen) atoms. The SMILES string of the molecule is Cc1cc(-c2cn3cc(C(=O)NC(C)C)ccc3n2)ccc1N=S(=O)(F)F. The number of aryl methyl sites for hydroxylation is 1. The Labute approximate surface area is 156 Å². The van der Waals surface area contributed by atoms with E-state index in [-0.39, 0.29) is 17.6 Å². The number of carbonyl (C=O) groups excluding carboxylic acids is 1. The summed E-state index contributed by atoms with van der Waals surface area (Å²) in [6.07, 6.45) is 3.43. The number of carbonyl (C=O) groups is 1. The molecule has 1 N–H and O–H groups in total. The van der Waals surface area contributed by atoms with Crippen LogP contribution in [0.25, 0.3) is 16.9 Å². The van der Waals surface area contributed by atoms with Crippen molar-refractivity contribution in [1.29, 1.82) is 0 Å². The number of amides is 1. The van der Waals surface area contributed by atoms with E-state index >= 15 is 0 Å². The Morgan fingerprint density at radius 3 is 2.59 bits per heavy atom. The zero-order valence-electron chi connectivity index (χ0n) is 14.9. The molecular weight excluding hydrogens is 374 g/mol. The van der Waals surface area contributed by atoms with Crippen LogP contribution in [0.1, 0.15) is 29.8 Å². The minimum atomic E-state index is -5.20. The van der Waals surface area contributed by atoms with Crippen LogP contribution in [-0.2, 0) is 10.5 Å². The zero-order valence-corrected chi connectivity index (χ0v) is 15.8. The van der Waals surface area contributed by atoms with Crippen molar-refractivity contribution in [3.63, 3.8) is 0 Å². The first-order valence-corrected chi connectivity index (χ1v) is 9.51. The van der Waals surface area contributed by atoms with Gasteiger partial charge in [-0.05, 0) is 50.6 Å². The molecule has 6 nitrogen and oxygen atoms in total. The molecule has 2 aromatic heterocycles. The van der Waals surface area contributed by atoms with Gasteiger partial charge < -0.3 is 9.72 Å². The fourth-order valence-electron chi connectivity index (χ4n) is 2.64. The minimum absolute atomic E-state index is 0.0230. The second kappa shape index (κ2) is 7.07. The summed E-state index contributed by atoms with van der Waals surface area (Å²) >= 11 is 0. The van der Waals surface area contributed by atoms with Gasteiger partial charge in [0.25, 0.3) is 5.91 Å². The summed E-state index contributed by atoms with van der Waals surface area (Å²) in [4.78, 5) is 16.6. The standard InChI is InChI=1S/C18H18F2N4O2S/c1-11(2)21-18(25)14-5-7-17-22-16(10-24(17)9-14)13-4-6-15(12(3)8-13)23-27(19,20)26/h4-11H,1-3H3,(H,21,25). The number of aromatic nitrogens is 2. The van der Waals surface area contributed by atoms with Crippen LogP contribution in [0.5, 0.6) is 0 Å². The highest BCUT2D eigenvalue weighted by Gasteiger charge is 2.11. The second-order valence-corrected chi connectivity index (χ2v) is 7.40. The molecule has 0 fully saturated rings. The van der Waals surface area contributed by atoms with E-state index in [1.54, 1.807) is 48.0 Å². The molecule has 0 radical (unpaired) electrons. The summed E-state index contributed by atoms with van der Waals surface area (Å²) in [5, 5.41) is 2.83. The zero-order chi connectivity index (χ0) is 19.8. The molecule has 0 unspecified atom stereocenters. The van der Waals surface area contributed by atoms with Gasteiger partial charge in [0.1, 0.15) is 5.65 Å². The average molecular weight is 392 g/mol. The molecule has 0 spiro atoms. The quantitative estimate of drug-likeness (QED) is 0.672. The summed E-state index contributed by atoms with van der Waals surface area (Å²) in [5.41, 5.74) is 2.91. The van der Waals surface area contributed by atoms with Gasteiger partial charge in [0.05, 0.1) is 16.9 Å². The van der Waals surface area contributed by atoms with Crippen LogP contribution in [0.3, 0.4) is 0 Å². The summed E-state index contributed by atoms with van der Waals surface area (Å²) in [5.74, 6) is -0.176. The van der Waals surface area contributed by atoms with E-state index in [0.717, 1.165) is 0 Å². The number of fused-ring (bicyclic) bond motifs is 1. The number of halogens is 2. The van der Waals surface area contributed by atoms with E-state index in [4.69, 9.17) is 0 Å². The number of hydrogen-bond donors (Lipinski definition) is 1. The Morgan fingerprint density at radius 1 is 1.22 bits per heavy atom. The lowest BCUT2D eigenvalue weighted by Crippen LogP contribution is -2.30. The summed E-state index contributed by atoms with van der Waals surface area (Å²) in [6.45, 7) is 5.38. The Morgan fingerprint density at radius 2 is 1.96 bits per heavy atom. The topological polar surface area (TPSA) is 75.8 Å². The molecule has 0 aliphatic rings. The molecule has 1 aromatic carbocycles. The Kier molecular flexibility index (Phi) is 4.97. The first kappa shape index (κ1) is 19.0. The first-order chi connectivity index (χ1) is 12.6. The molecule has 2 heterocycles. The molecule has 0 saturated heterocycles. The van der Waals surface area contributed by atoms with Gasteiger partial charge in [0.15, 0.2) is 0 Å². The normalized spacial score (nSPS) is 11.8. The van der Waals surface area contributed by atoms with E-state index in [1.165, 1.54) is 6.07 Å². The lowest BCUT2D eigenvalue weighted by atomic mass is 10.1. The Balaban J connectivity index is 1.97. The van der Waals surface area contributed by atoms with Gasteiger partial charge in [0, 0.05) is 24.0 Å². The van der Waals surface area contributed by atoms with Crippen LogP contribution < -0.4 is 5.32 Å². The van der Waals surface area contributed by atoms with Crippen molar-refractivity contribution in [3.8, 4) is 11.3 Å². The third-order valence-electron chi connectivity index (χ3n) is 3.83. The molecule has 0 atom stereocenters. The van der Waals surface area contributed by atoms with Gasteiger partial charge in [-0.25, -0.2) is 4.98 Å². The van der Waals surface area contributed by atoms with Gasteiger partial charge >= 0.3 is 10.5 Å². The van der Waals surface area contributed by atoms with Crippen molar-refractivity contribution >= 4 is 27.7 Å². The number of rotatable bonds is 4. The van der Waals surface area contributed by atoms with E-state index in [0.29, 0.717) is 28.0 Å². The van der Waals surface area contributed by atoms with Crippen molar-refractivity contribution in [3.05, 3.63) is 53.9 Å². The highest BCUT2D eigenvalue weighted by Crippen LogP contribution is 2.28. The molecule has 0 bridgehead atoms. The van der Waals surface area contributed by atoms with Crippen molar-refractivity contribution in [2.45, 2.75) is 26.8 Å². The van der Waals surface area contributed by atoms with Crippen molar-refractivity contribution in [2.24, 2.45) is 4.36 Å². The largest absolute Gasteiger partial charge is 0.371 e. The van der Waals surface area contributed by atoms with Crippen molar-refractivity contribution in [2.75, 3.05) is 0 Å². The van der Waals surface area contributed by atoms with Crippen LogP contribution in [0.2, 0.25) is 0 Å². The van der Waals surface area contributed by atoms with E-state index in [9.17, 15) is 16.8 Å². The lowest BCUT2D eigenvalue weighted by Gasteiger charge is -2.08. The molecule has 3 aromatic rings. The molecule has 9 heteroatoms. The maximum atomic E-state index is 12.6. The van der Waals surface area contributed by atoms with Gasteiger partial charge in [-0.2, -0.15) is 4.21 Å². The first-order valence-electron chi connectivity index (χ1n) is 8.19. The fourth-order valence-corrected chi connectivity index (χ4v) is 3.08. The highest BCUT2D eigenvalue weighted by atomic mass is 32.3. The third-order valence-corrected chi connectivity index (χ3v) is 4.24. The molecule has 3 rings (SSSR count). The number of nitrogens with zero attached hydrogens (tertiary/aromatic N) is 3. The monoisotopic (exact) mass is 392 g/mol. The van der Waals surface area contributed by atoms with E-state index in [1.807, 2.05) is 13.8 Å². The van der Waals surface area contributed by atoms with Crippen LogP contribution in [-0.4, -0.2) is 25.5 Å². The maximum absolute atomic E-state index is 12.6. The fraction of sp³-hybridized carbons (Fsp3) is 0.222. The van der Waals surface area contributed by atoms with Crippen LogP contribution in [0.4, 0.5) is 13.5 Å². The predicted octanol–water partition coefficient (Wildman–Crippen LogP) is 4.32. The van der Waals surface area contributed by atoms with Crippen LogP contribution >= 0.6 is 0 Å². The summed E-state index contributed by atoms with van der Waals surface area (Å²) < 4.78 is 40.6. The average Bonchev–Trinajstić information content (AvgIpc) is 2.98. The number of imidazole rings is 1. The summed E-state index contributed by atoms with van der Waals surface area (Å²) in [7, 11) is -5.20. The second-order valence-electron chi connectivity index (χ2n) is 6.43. The van der Waals surface area contributed by atoms with Gasteiger partial charge in [-0.15, -0.1) is 4.36 Å². The number of hydrogen-bond acceptors (Lipinski definition) is 4. The predicted molar refractivity (Wildman–Crippen MR) is 100 cm³/mol. The molecule has 142 valence electrons. The lowest BCUT2D eigenvalue weighted by molar-refractivity contribution is 0.0942. The highest BCUT2D eigenvalue weighted by molar-refractivity contribution is 7.83. The van der Waals surface area contributed by atoms with Crippen molar-refractivity contribution in [1.82, 2.24) is 14.7 Å². The van der Waals surface area contributed by atoms with Gasteiger partial charge in [0.2, 0.25) is 0 Å². The van der Waals surface area contributed by atoms with Gasteiger partial charge in [-0.3, -0.25) is 4.79 Å². The van der Waals surface area contributed by atoms with Crippen molar-refractivity contribution < 1.29 is 16.8 Å². The number of benzene rings is 1. The number of pyridine rings is 1. The smallest absolute Gasteiger partial charge is 0.350 e. The molecule has 1 amide bonds. The maximum Gasteiger partial charge on any atom is 0.371 e. The molecule has 0 saturated carbocycles. The number of nitrogens with one attached hydrogen (secondary N) is 1.